The minimum atomic E-state index is -0.443. The van der Waals surface area contributed by atoms with Crippen LogP contribution < -0.4 is 5.32 Å². The molecule has 3 rings (SSSR count). The topological polar surface area (TPSA) is 54.5 Å². The number of amides is 1. The molecule has 1 saturated carbocycles. The van der Waals surface area contributed by atoms with Crippen LogP contribution in [-0.2, 0) is 11.3 Å². The van der Waals surface area contributed by atoms with Gasteiger partial charge >= 0.3 is 6.09 Å². The number of carbonyl (C=O) groups is 1. The number of likely N-dealkylation sites (tertiary alicyclic amines) is 1. The summed E-state index contributed by atoms with van der Waals surface area (Å²) in [7, 11) is 0. The normalized spacial score (nSPS) is 27.1. The Labute approximate surface area is 144 Å². The van der Waals surface area contributed by atoms with E-state index >= 15 is 0 Å². The highest BCUT2D eigenvalue weighted by Gasteiger charge is 2.43. The molecule has 1 aromatic rings. The molecule has 0 radical (unpaired) electrons. The molecule has 5 nitrogen and oxygen atoms in total. The van der Waals surface area contributed by atoms with Crippen LogP contribution in [0, 0.1) is 18.8 Å². The maximum absolute atomic E-state index is 12.1. The van der Waals surface area contributed by atoms with E-state index in [2.05, 4.69) is 28.2 Å². The molecular formula is C19H29N3O2. The summed E-state index contributed by atoms with van der Waals surface area (Å²) in [6, 6.07) is 4.41. The van der Waals surface area contributed by atoms with Crippen LogP contribution >= 0.6 is 0 Å². The zero-order valence-electron chi connectivity index (χ0n) is 15.2. The smallest absolute Gasteiger partial charge is 0.407 e. The van der Waals surface area contributed by atoms with E-state index in [1.54, 1.807) is 0 Å². The quantitative estimate of drug-likeness (QED) is 0.924. The van der Waals surface area contributed by atoms with Gasteiger partial charge in [0.2, 0.25) is 0 Å². The third-order valence-corrected chi connectivity index (χ3v) is 5.14. The van der Waals surface area contributed by atoms with Gasteiger partial charge in [0.05, 0.1) is 0 Å². The van der Waals surface area contributed by atoms with Crippen molar-refractivity contribution in [2.24, 2.45) is 11.8 Å². The van der Waals surface area contributed by atoms with Gasteiger partial charge in [-0.15, -0.1) is 0 Å². The number of fused-ring (bicyclic) bond motifs is 1. The fourth-order valence-corrected chi connectivity index (χ4v) is 4.05. The Morgan fingerprint density at radius 3 is 2.88 bits per heavy atom. The van der Waals surface area contributed by atoms with E-state index < -0.39 is 5.60 Å². The van der Waals surface area contributed by atoms with E-state index in [4.69, 9.17) is 4.74 Å². The van der Waals surface area contributed by atoms with Gasteiger partial charge in [0.25, 0.3) is 0 Å². The van der Waals surface area contributed by atoms with E-state index in [-0.39, 0.29) is 12.1 Å². The molecule has 2 aliphatic rings. The van der Waals surface area contributed by atoms with Crippen molar-refractivity contribution in [1.29, 1.82) is 0 Å². The van der Waals surface area contributed by atoms with Crippen molar-refractivity contribution < 1.29 is 9.53 Å². The third-order valence-electron chi connectivity index (χ3n) is 5.14. The summed E-state index contributed by atoms with van der Waals surface area (Å²) < 4.78 is 5.41. The first-order chi connectivity index (χ1) is 11.3. The zero-order valence-corrected chi connectivity index (χ0v) is 15.2. The first-order valence-electron chi connectivity index (χ1n) is 8.94. The molecule has 1 amide bonds. The number of pyridine rings is 1. The summed E-state index contributed by atoms with van der Waals surface area (Å²) in [4.78, 5) is 18.9. The van der Waals surface area contributed by atoms with Gasteiger partial charge < -0.3 is 10.1 Å². The molecule has 1 N–H and O–H groups in total. The van der Waals surface area contributed by atoms with Crippen LogP contribution in [0.3, 0.4) is 0 Å². The van der Waals surface area contributed by atoms with E-state index in [0.717, 1.165) is 31.7 Å². The predicted octanol–water partition coefficient (Wildman–Crippen LogP) is 3.13. The Balaban J connectivity index is 1.56. The maximum atomic E-state index is 12.1. The largest absolute Gasteiger partial charge is 0.444 e. The summed E-state index contributed by atoms with van der Waals surface area (Å²) in [5.74, 6) is 1.22. The summed E-state index contributed by atoms with van der Waals surface area (Å²) in [6.45, 7) is 10.9. The van der Waals surface area contributed by atoms with Gasteiger partial charge in [0, 0.05) is 37.6 Å². The highest BCUT2D eigenvalue weighted by molar-refractivity contribution is 5.68. The van der Waals surface area contributed by atoms with Crippen molar-refractivity contribution in [2.75, 3.05) is 13.1 Å². The Bertz CT molecular complexity index is 597. The van der Waals surface area contributed by atoms with Crippen LogP contribution in [-0.4, -0.2) is 40.7 Å². The van der Waals surface area contributed by atoms with Gasteiger partial charge in [-0.3, -0.25) is 9.88 Å². The Kier molecular flexibility index (Phi) is 4.81. The molecule has 1 aliphatic carbocycles. The van der Waals surface area contributed by atoms with Crippen LogP contribution in [0.4, 0.5) is 4.79 Å². The molecule has 0 unspecified atom stereocenters. The molecule has 0 bridgehead atoms. The number of hydrogen-bond donors (Lipinski definition) is 1. The minimum absolute atomic E-state index is 0.241. The lowest BCUT2D eigenvalue weighted by Gasteiger charge is -2.25. The van der Waals surface area contributed by atoms with Gasteiger partial charge in [-0.1, -0.05) is 6.07 Å². The van der Waals surface area contributed by atoms with Crippen molar-refractivity contribution in [3.8, 4) is 0 Å². The second-order valence-electron chi connectivity index (χ2n) is 8.20. The number of nitrogens with zero attached hydrogens (tertiary/aromatic N) is 2. The molecule has 24 heavy (non-hydrogen) atoms. The van der Waals surface area contributed by atoms with Crippen molar-refractivity contribution in [3.63, 3.8) is 0 Å². The number of aromatic nitrogens is 1. The standard InChI is InChI=1S/C19H29N3O2/c1-13-14(6-5-9-20-13)10-22-11-15-7-8-17(16(15)12-22)21-18(23)24-19(2,3)4/h5-6,9,15-17H,7-8,10-12H2,1-4H3,(H,21,23)/t15-,16-,17+/m0/s1. The number of alkyl carbamates (subject to hydrolysis) is 1. The lowest BCUT2D eigenvalue weighted by Crippen LogP contribution is -2.42. The number of aryl methyl sites for hydroxylation is 1. The van der Waals surface area contributed by atoms with Crippen LogP contribution in [0.15, 0.2) is 18.3 Å². The summed E-state index contributed by atoms with van der Waals surface area (Å²) in [5, 5.41) is 3.10. The highest BCUT2D eigenvalue weighted by atomic mass is 16.6. The summed E-state index contributed by atoms with van der Waals surface area (Å²) in [6.07, 6.45) is 3.81. The molecule has 132 valence electrons. The van der Waals surface area contributed by atoms with E-state index in [0.29, 0.717) is 11.8 Å². The van der Waals surface area contributed by atoms with E-state index in [9.17, 15) is 4.79 Å². The fraction of sp³-hybridized carbons (Fsp3) is 0.684. The van der Waals surface area contributed by atoms with Gasteiger partial charge in [0.1, 0.15) is 5.60 Å². The molecule has 0 spiro atoms. The first kappa shape index (κ1) is 17.2. The maximum Gasteiger partial charge on any atom is 0.407 e. The number of carbonyl (C=O) groups excluding carboxylic acids is 1. The number of ether oxygens (including phenoxy) is 1. The number of hydrogen-bond acceptors (Lipinski definition) is 4. The first-order valence-corrected chi connectivity index (χ1v) is 8.94. The van der Waals surface area contributed by atoms with Gasteiger partial charge in [-0.25, -0.2) is 4.79 Å². The molecule has 2 fully saturated rings. The zero-order chi connectivity index (χ0) is 17.3. The average Bonchev–Trinajstić information content (AvgIpc) is 3.01. The molecule has 3 atom stereocenters. The van der Waals surface area contributed by atoms with Crippen molar-refractivity contribution in [2.45, 2.75) is 58.7 Å². The van der Waals surface area contributed by atoms with Crippen LogP contribution in [0.5, 0.6) is 0 Å². The van der Waals surface area contributed by atoms with Crippen LogP contribution in [0.1, 0.15) is 44.9 Å². The van der Waals surface area contributed by atoms with Gasteiger partial charge in [-0.2, -0.15) is 0 Å². The van der Waals surface area contributed by atoms with Crippen LogP contribution in [0.2, 0.25) is 0 Å². The second-order valence-corrected chi connectivity index (χ2v) is 8.20. The molecule has 0 aromatic carbocycles. The molecule has 5 heteroatoms. The van der Waals surface area contributed by atoms with Gasteiger partial charge in [0.15, 0.2) is 0 Å². The molecule has 2 heterocycles. The Morgan fingerprint density at radius 1 is 1.38 bits per heavy atom. The molecular weight excluding hydrogens is 302 g/mol. The van der Waals surface area contributed by atoms with E-state index in [1.807, 2.05) is 33.0 Å². The highest BCUT2D eigenvalue weighted by Crippen LogP contribution is 2.38. The minimum Gasteiger partial charge on any atom is -0.444 e. The fourth-order valence-electron chi connectivity index (χ4n) is 4.05. The predicted molar refractivity (Wildman–Crippen MR) is 93.6 cm³/mol. The third kappa shape index (κ3) is 4.07. The Morgan fingerprint density at radius 2 is 2.17 bits per heavy atom. The molecule has 1 aromatic heterocycles. The van der Waals surface area contributed by atoms with Crippen molar-refractivity contribution in [3.05, 3.63) is 29.6 Å². The lowest BCUT2D eigenvalue weighted by atomic mass is 9.98. The van der Waals surface area contributed by atoms with Crippen molar-refractivity contribution in [1.82, 2.24) is 15.2 Å². The monoisotopic (exact) mass is 331 g/mol. The SMILES string of the molecule is Cc1ncccc1CN1C[C@@H]2CC[C@@H](NC(=O)OC(C)(C)C)[C@H]2C1. The average molecular weight is 331 g/mol. The number of nitrogens with one attached hydrogen (secondary N) is 1. The van der Waals surface area contributed by atoms with Crippen molar-refractivity contribution >= 4 is 6.09 Å². The lowest BCUT2D eigenvalue weighted by molar-refractivity contribution is 0.0491. The molecule has 1 aliphatic heterocycles. The van der Waals surface area contributed by atoms with Gasteiger partial charge in [-0.05, 0) is 64.0 Å². The van der Waals surface area contributed by atoms with Crippen LogP contribution in [0.25, 0.3) is 0 Å². The second kappa shape index (κ2) is 6.71. The Hall–Kier alpha value is -1.62. The summed E-state index contributed by atoms with van der Waals surface area (Å²) >= 11 is 0. The van der Waals surface area contributed by atoms with E-state index in [1.165, 1.54) is 12.0 Å². The molecule has 1 saturated heterocycles. The number of rotatable bonds is 3. The summed E-state index contributed by atoms with van der Waals surface area (Å²) in [5.41, 5.74) is 1.97.